The molecular formula is C121H84N2O2. The molecule has 125 heavy (non-hydrogen) atoms. The first-order chi connectivity index (χ1) is 61.2. The third kappa shape index (κ3) is 10.4. The van der Waals surface area contributed by atoms with Crippen molar-refractivity contribution < 1.29 is 8.83 Å². The van der Waals surface area contributed by atoms with Crippen LogP contribution in [-0.2, 0) is 5.41 Å². The summed E-state index contributed by atoms with van der Waals surface area (Å²) >= 11 is 0. The van der Waals surface area contributed by atoms with Crippen LogP contribution in [0.15, 0.2) is 373 Å². The van der Waals surface area contributed by atoms with E-state index < -0.39 is 0 Å². The lowest BCUT2D eigenvalue weighted by molar-refractivity contribution is 0.240. The molecule has 4 nitrogen and oxygen atoms in total. The maximum atomic E-state index is 7.68. The lowest BCUT2D eigenvalue weighted by atomic mass is 9.69. The van der Waals surface area contributed by atoms with Gasteiger partial charge in [-0.1, -0.05) is 364 Å². The second-order valence-electron chi connectivity index (χ2n) is 37.3. The molecule has 0 spiro atoms. The number of nitrogens with zero attached hydrogens (tertiary/aromatic N) is 2. The van der Waals surface area contributed by atoms with Crippen LogP contribution in [0.3, 0.4) is 0 Å². The number of benzene rings is 19. The predicted octanol–water partition coefficient (Wildman–Crippen LogP) is 34.3. The van der Waals surface area contributed by atoms with Crippen LogP contribution in [0.4, 0.5) is 0 Å². The Morgan fingerprint density at radius 2 is 0.624 bits per heavy atom. The molecular weight excluding hydrogens is 1510 g/mol. The van der Waals surface area contributed by atoms with Crippen molar-refractivity contribution in [3.05, 3.63) is 381 Å². The van der Waals surface area contributed by atoms with E-state index in [0.29, 0.717) is 5.92 Å². The molecule has 0 N–H and O–H groups in total. The number of aromatic nitrogens is 2. The second-order valence-corrected chi connectivity index (χ2v) is 37.3. The van der Waals surface area contributed by atoms with Crippen LogP contribution in [0, 0.1) is 11.3 Å². The Bertz CT molecular complexity index is 8940. The number of fused-ring (bicyclic) bond motifs is 22. The molecule has 0 radical (unpaired) electrons. The molecule has 0 saturated heterocycles. The van der Waals surface area contributed by atoms with Crippen molar-refractivity contribution in [1.82, 2.24) is 8.80 Å². The zero-order valence-corrected chi connectivity index (χ0v) is 70.6. The first-order valence-electron chi connectivity index (χ1n) is 44.1. The Morgan fingerprint density at radius 3 is 1.11 bits per heavy atom. The third-order valence-corrected chi connectivity index (χ3v) is 28.1. The molecule has 2 unspecified atom stereocenters. The minimum atomic E-state index is -0.210. The van der Waals surface area contributed by atoms with Gasteiger partial charge >= 0.3 is 0 Å². The van der Waals surface area contributed by atoms with Gasteiger partial charge in [0.25, 0.3) is 0 Å². The molecule has 25 aromatic rings. The molecule has 19 aromatic carbocycles. The van der Waals surface area contributed by atoms with Crippen molar-refractivity contribution in [3.63, 3.8) is 0 Å². The fourth-order valence-electron chi connectivity index (χ4n) is 22.9. The zero-order valence-electron chi connectivity index (χ0n) is 70.6. The highest BCUT2D eigenvalue weighted by Gasteiger charge is 2.39. The second kappa shape index (κ2) is 26.5. The van der Waals surface area contributed by atoms with Crippen LogP contribution in [0.1, 0.15) is 71.3 Å². The summed E-state index contributed by atoms with van der Waals surface area (Å²) in [5.74, 6) is 1.64. The number of hydrogen-bond donors (Lipinski definition) is 0. The molecule has 0 fully saturated rings. The number of para-hydroxylation sites is 4. The number of rotatable bonds is 9. The van der Waals surface area contributed by atoms with Crippen molar-refractivity contribution in [1.29, 1.82) is 0 Å². The Kier molecular flexibility index (Phi) is 15.2. The molecule has 1 aliphatic carbocycles. The van der Waals surface area contributed by atoms with Gasteiger partial charge in [0.1, 0.15) is 22.5 Å². The molecule has 590 valence electrons. The summed E-state index contributed by atoms with van der Waals surface area (Å²) in [6.07, 6.45) is 4.72. The minimum Gasteiger partial charge on any atom is -0.459 e. The highest BCUT2D eigenvalue weighted by atomic mass is 16.3. The Labute approximate surface area is 723 Å². The summed E-state index contributed by atoms with van der Waals surface area (Å²) in [6.45, 7) is 16.3. The van der Waals surface area contributed by atoms with Crippen LogP contribution in [-0.4, -0.2) is 8.80 Å². The average molecular weight is 1600 g/mol. The topological polar surface area (TPSA) is 35.1 Å². The molecule has 2 atom stereocenters. The third-order valence-electron chi connectivity index (χ3n) is 28.1. The van der Waals surface area contributed by atoms with Crippen molar-refractivity contribution in [3.8, 4) is 100 Å². The zero-order chi connectivity index (χ0) is 83.1. The molecule has 0 aliphatic heterocycles. The van der Waals surface area contributed by atoms with E-state index in [1.165, 1.54) is 170 Å². The van der Waals surface area contributed by atoms with Gasteiger partial charge in [-0.2, -0.15) is 0 Å². The summed E-state index contributed by atoms with van der Waals surface area (Å²) in [7, 11) is 0. The maximum Gasteiger partial charge on any atom is 0.143 e. The van der Waals surface area contributed by atoms with Gasteiger partial charge in [0.2, 0.25) is 0 Å². The van der Waals surface area contributed by atoms with Gasteiger partial charge < -0.3 is 17.6 Å². The summed E-state index contributed by atoms with van der Waals surface area (Å²) < 4.78 is 20.3. The first-order valence-corrected chi connectivity index (χ1v) is 44.1. The van der Waals surface area contributed by atoms with Gasteiger partial charge in [0, 0.05) is 110 Å². The fraction of sp³-hybridized carbons (Fsp3) is 0.0909. The monoisotopic (exact) mass is 1600 g/mol. The van der Waals surface area contributed by atoms with E-state index in [4.69, 9.17) is 8.83 Å². The van der Waals surface area contributed by atoms with E-state index in [1.54, 1.807) is 0 Å². The molecule has 1 aliphatic rings. The largest absolute Gasteiger partial charge is 0.459 e. The molecule has 4 heteroatoms. The molecule has 0 bridgehead atoms. The maximum absolute atomic E-state index is 7.68. The number of furan rings is 2. The summed E-state index contributed by atoms with van der Waals surface area (Å²) in [6, 6.07) is 135. The Morgan fingerprint density at radius 1 is 0.256 bits per heavy atom. The summed E-state index contributed by atoms with van der Waals surface area (Å²) in [5.41, 5.74) is 33.0. The number of allylic oxidation sites excluding steroid dienone is 1. The minimum absolute atomic E-state index is 0.0125. The predicted molar refractivity (Wildman–Crippen MR) is 531 cm³/mol. The van der Waals surface area contributed by atoms with Crippen molar-refractivity contribution in [2.45, 2.75) is 59.8 Å². The highest BCUT2D eigenvalue weighted by Crippen LogP contribution is 2.58. The normalized spacial score (nSPS) is 14.2. The lowest BCUT2D eigenvalue weighted by Crippen LogP contribution is -2.25. The quantitative estimate of drug-likeness (QED) is 0.144. The van der Waals surface area contributed by atoms with E-state index in [1.807, 2.05) is 0 Å². The van der Waals surface area contributed by atoms with Crippen molar-refractivity contribution in [2.75, 3.05) is 0 Å². The van der Waals surface area contributed by atoms with E-state index in [2.05, 4.69) is 427 Å². The average Bonchev–Trinajstić information content (AvgIpc) is 1.52. The molecule has 0 amide bonds. The van der Waals surface area contributed by atoms with Gasteiger partial charge in [0.15, 0.2) is 0 Å². The standard InChI is InChI=1S/C121H84N2O2/c1-69-54-57-90-88-46-26-52-95(116(88)125-119(90)113(69)121(5,6)7)105-84-42-21-17-36-77(84)65-101-109(105)91-48-27-51-94-112-104(122(101)114(91)94)68-80-39-20-24-45-87(80)108(112)99-64-81(63-98-89-47-29-53-100(120(2,3)4)118(89)124-117(98)99)74-41-25-40-73(60-74)76-56-59-83(72-34-15-10-16-35-72)97(62-76)107-86-44-23-19-38-79(86)67-103-111(107)93-50-28-49-92-110-102(123(103)115(92)93)66-78-37-18-22-43-85(78)106(110)96-61-75(70-30-11-8-12-31-70)55-58-82(96)71-32-13-9-14-33-71/h8-69,113H,1-7H3. The number of hydrogen-bond acceptors (Lipinski definition) is 2. The lowest BCUT2D eigenvalue weighted by Gasteiger charge is -2.35. The van der Waals surface area contributed by atoms with Gasteiger partial charge in [-0.15, -0.1) is 0 Å². The molecule has 6 heterocycles. The fourth-order valence-corrected chi connectivity index (χ4v) is 22.9. The van der Waals surface area contributed by atoms with Crippen LogP contribution in [0.5, 0.6) is 0 Å². The highest BCUT2D eigenvalue weighted by molar-refractivity contribution is 6.36. The van der Waals surface area contributed by atoms with Crippen molar-refractivity contribution >= 4 is 158 Å². The van der Waals surface area contributed by atoms with Gasteiger partial charge in [0.05, 0.1) is 33.1 Å². The summed E-state index contributed by atoms with van der Waals surface area (Å²) in [4.78, 5) is 0. The van der Waals surface area contributed by atoms with Gasteiger partial charge in [-0.3, -0.25) is 0 Å². The van der Waals surface area contributed by atoms with Gasteiger partial charge in [-0.25, -0.2) is 0 Å². The first kappa shape index (κ1) is 71.6. The molecule has 0 saturated carbocycles. The van der Waals surface area contributed by atoms with E-state index in [9.17, 15) is 0 Å². The molecule has 6 aromatic heterocycles. The van der Waals surface area contributed by atoms with E-state index >= 15 is 0 Å². The van der Waals surface area contributed by atoms with Gasteiger partial charge in [-0.05, 0) is 181 Å². The smallest absolute Gasteiger partial charge is 0.143 e. The van der Waals surface area contributed by atoms with Crippen molar-refractivity contribution in [2.24, 2.45) is 11.3 Å². The van der Waals surface area contributed by atoms with Crippen LogP contribution in [0.2, 0.25) is 0 Å². The van der Waals surface area contributed by atoms with Crippen LogP contribution >= 0.6 is 0 Å². The Balaban J connectivity index is 0.694. The van der Waals surface area contributed by atoms with Crippen LogP contribution < -0.4 is 0 Å². The molecule has 26 rings (SSSR count). The van der Waals surface area contributed by atoms with E-state index in [0.717, 1.165) is 99.6 Å². The Hall–Kier alpha value is -15.1. The van der Waals surface area contributed by atoms with E-state index in [-0.39, 0.29) is 16.7 Å². The summed E-state index contributed by atoms with van der Waals surface area (Å²) in [5, 5.41) is 22.7. The SMILES string of the molecule is CC1C=Cc2c(oc3c(-c4c5ccccc5cc5c4c4cccc6c7c(-c8cc(-c9cccc(-c%10ccc(-c%11ccccc%11)c(-c%11c%12ccccc%12cc%12c%11c%11cccc%13c%14c(-c%15cc(-c%16ccccc%16)ccc%15-c%15ccccc%15)c%15ccccc%15cc%14n%12c%13%11)c%10)c9)cc9c8oc8c(C(C)(C)C)cccc89)c8ccccc8cc7n5c46)cccc23)C1C(C)(C)C. The van der Waals surface area contributed by atoms with Crippen LogP contribution in [0.25, 0.3) is 258 Å².